The largest absolute Gasteiger partial charge is 0.496 e. The normalized spacial score (nSPS) is 15.8. The molecular formula is C25H23BrN2O4S. The van der Waals surface area contributed by atoms with E-state index >= 15 is 0 Å². The number of benzene rings is 2. The van der Waals surface area contributed by atoms with Crippen molar-refractivity contribution in [2.75, 3.05) is 13.7 Å². The van der Waals surface area contributed by atoms with Gasteiger partial charge in [-0.1, -0.05) is 57.1 Å². The number of aromatic nitrogens is 1. The molecule has 0 aliphatic carbocycles. The number of carbonyl (C=O) groups is 1. The van der Waals surface area contributed by atoms with Crippen LogP contribution in [-0.4, -0.2) is 24.3 Å². The third-order valence-electron chi connectivity index (χ3n) is 5.39. The zero-order valence-electron chi connectivity index (χ0n) is 18.7. The molecule has 33 heavy (non-hydrogen) atoms. The van der Waals surface area contributed by atoms with Crippen molar-refractivity contribution in [1.29, 1.82) is 0 Å². The quantitative estimate of drug-likeness (QED) is 0.473. The third-order valence-corrected chi connectivity index (χ3v) is 6.86. The van der Waals surface area contributed by atoms with Crippen molar-refractivity contribution in [2.45, 2.75) is 26.8 Å². The highest BCUT2D eigenvalue weighted by Crippen LogP contribution is 2.31. The van der Waals surface area contributed by atoms with Gasteiger partial charge in [0.05, 0.1) is 35.6 Å². The molecule has 6 nitrogen and oxygen atoms in total. The second kappa shape index (κ2) is 9.49. The van der Waals surface area contributed by atoms with E-state index in [-0.39, 0.29) is 12.2 Å². The molecule has 0 spiro atoms. The van der Waals surface area contributed by atoms with Crippen molar-refractivity contribution in [3.8, 4) is 5.75 Å². The van der Waals surface area contributed by atoms with E-state index in [1.54, 1.807) is 31.6 Å². The van der Waals surface area contributed by atoms with Crippen LogP contribution in [0.15, 0.2) is 68.0 Å². The van der Waals surface area contributed by atoms with Crippen LogP contribution in [0.5, 0.6) is 5.75 Å². The standard InChI is InChI=1S/C25H23BrN2O4S/c1-5-32-24(30)21-15(3)27-25-28(22(21)16-8-6-14(2)7-9-16)23(29)20(33-25)13-17-12-18(26)10-11-19(17)31-4/h6-13,22H,5H2,1-4H3/b20-13-/t22-/m1/s1. The van der Waals surface area contributed by atoms with Crippen LogP contribution in [-0.2, 0) is 9.53 Å². The number of nitrogens with zero attached hydrogens (tertiary/aromatic N) is 2. The second-order valence-corrected chi connectivity index (χ2v) is 9.52. The van der Waals surface area contributed by atoms with Gasteiger partial charge in [0.1, 0.15) is 5.75 Å². The van der Waals surface area contributed by atoms with Crippen molar-refractivity contribution in [2.24, 2.45) is 4.99 Å². The number of ether oxygens (including phenoxy) is 2. The molecule has 0 saturated carbocycles. The average molecular weight is 527 g/mol. The van der Waals surface area contributed by atoms with Crippen molar-refractivity contribution in [3.05, 3.63) is 94.6 Å². The Balaban J connectivity index is 1.97. The number of carbonyl (C=O) groups excluding carboxylic acids is 1. The molecule has 1 aromatic heterocycles. The van der Waals surface area contributed by atoms with E-state index in [4.69, 9.17) is 9.47 Å². The van der Waals surface area contributed by atoms with Gasteiger partial charge in [-0.2, -0.15) is 0 Å². The van der Waals surface area contributed by atoms with Gasteiger partial charge in [0, 0.05) is 10.0 Å². The molecule has 1 aliphatic rings. The molecule has 0 fully saturated rings. The molecule has 3 aromatic rings. The van der Waals surface area contributed by atoms with Crippen molar-refractivity contribution in [3.63, 3.8) is 0 Å². The summed E-state index contributed by atoms with van der Waals surface area (Å²) in [4.78, 5) is 31.7. The lowest BCUT2D eigenvalue weighted by atomic mass is 9.95. The van der Waals surface area contributed by atoms with Gasteiger partial charge in [0.25, 0.3) is 5.56 Å². The molecule has 0 bridgehead atoms. The molecule has 1 atom stereocenters. The number of rotatable bonds is 5. The summed E-state index contributed by atoms with van der Waals surface area (Å²) in [5, 5.41) is 0. The molecular weight excluding hydrogens is 504 g/mol. The fraction of sp³-hybridized carbons (Fsp3) is 0.240. The predicted octanol–water partition coefficient (Wildman–Crippen LogP) is 3.88. The summed E-state index contributed by atoms with van der Waals surface area (Å²) in [7, 11) is 1.59. The third kappa shape index (κ3) is 4.45. The van der Waals surface area contributed by atoms with Crippen LogP contribution in [0.2, 0.25) is 0 Å². The summed E-state index contributed by atoms with van der Waals surface area (Å²) in [5.74, 6) is 0.190. The number of esters is 1. The molecule has 0 saturated heterocycles. The van der Waals surface area contributed by atoms with Crippen LogP contribution in [0.1, 0.15) is 36.6 Å². The minimum Gasteiger partial charge on any atom is -0.496 e. The Hall–Kier alpha value is -2.97. The Labute approximate surface area is 203 Å². The number of hydrogen-bond acceptors (Lipinski definition) is 6. The van der Waals surface area contributed by atoms with Gasteiger partial charge in [0.2, 0.25) is 0 Å². The van der Waals surface area contributed by atoms with Crippen LogP contribution in [0.25, 0.3) is 6.08 Å². The van der Waals surface area contributed by atoms with Gasteiger partial charge in [-0.05, 0) is 50.6 Å². The molecule has 170 valence electrons. The Kier molecular flexibility index (Phi) is 6.67. The van der Waals surface area contributed by atoms with Crippen molar-refractivity contribution >= 4 is 39.3 Å². The summed E-state index contributed by atoms with van der Waals surface area (Å²) in [6.45, 7) is 5.77. The van der Waals surface area contributed by atoms with Gasteiger partial charge in [0.15, 0.2) is 4.80 Å². The molecule has 8 heteroatoms. The van der Waals surface area contributed by atoms with E-state index < -0.39 is 12.0 Å². The first-order valence-electron chi connectivity index (χ1n) is 10.4. The number of methoxy groups -OCH3 is 1. The van der Waals surface area contributed by atoms with Crippen LogP contribution < -0.4 is 19.6 Å². The maximum atomic E-state index is 13.6. The maximum Gasteiger partial charge on any atom is 0.338 e. The summed E-state index contributed by atoms with van der Waals surface area (Å²) in [5.41, 5.74) is 3.38. The smallest absolute Gasteiger partial charge is 0.338 e. The van der Waals surface area contributed by atoms with E-state index in [2.05, 4.69) is 20.9 Å². The van der Waals surface area contributed by atoms with Crippen molar-refractivity contribution < 1.29 is 14.3 Å². The molecule has 2 aromatic carbocycles. The highest BCUT2D eigenvalue weighted by molar-refractivity contribution is 9.10. The highest BCUT2D eigenvalue weighted by atomic mass is 79.9. The zero-order chi connectivity index (χ0) is 23.7. The lowest BCUT2D eigenvalue weighted by molar-refractivity contribution is -0.139. The molecule has 0 radical (unpaired) electrons. The Morgan fingerprint density at radius 1 is 1.21 bits per heavy atom. The predicted molar refractivity (Wildman–Crippen MR) is 132 cm³/mol. The number of fused-ring (bicyclic) bond motifs is 1. The first kappa shape index (κ1) is 23.2. The minimum atomic E-state index is -0.618. The van der Waals surface area contributed by atoms with Gasteiger partial charge in [-0.15, -0.1) is 0 Å². The molecule has 0 N–H and O–H groups in total. The highest BCUT2D eigenvalue weighted by Gasteiger charge is 2.33. The number of allylic oxidation sites excluding steroid dienone is 1. The number of aryl methyl sites for hydroxylation is 1. The number of halogens is 1. The summed E-state index contributed by atoms with van der Waals surface area (Å²) < 4.78 is 13.8. The fourth-order valence-corrected chi connectivity index (χ4v) is 5.23. The van der Waals surface area contributed by atoms with E-state index in [0.717, 1.165) is 21.2 Å². The van der Waals surface area contributed by atoms with E-state index in [1.807, 2.05) is 49.4 Å². The Morgan fingerprint density at radius 2 is 1.94 bits per heavy atom. The Morgan fingerprint density at radius 3 is 2.61 bits per heavy atom. The monoisotopic (exact) mass is 526 g/mol. The molecule has 4 rings (SSSR count). The van der Waals surface area contributed by atoms with Gasteiger partial charge < -0.3 is 9.47 Å². The molecule has 2 heterocycles. The second-order valence-electron chi connectivity index (χ2n) is 7.60. The topological polar surface area (TPSA) is 69.9 Å². The van der Waals surface area contributed by atoms with Crippen molar-refractivity contribution in [1.82, 2.24) is 4.57 Å². The minimum absolute atomic E-state index is 0.222. The van der Waals surface area contributed by atoms with Crippen LogP contribution >= 0.6 is 27.3 Å². The fourth-order valence-electron chi connectivity index (χ4n) is 3.81. The van der Waals surface area contributed by atoms with E-state index in [0.29, 0.717) is 26.4 Å². The first-order chi connectivity index (χ1) is 15.8. The molecule has 0 amide bonds. The maximum absolute atomic E-state index is 13.6. The van der Waals surface area contributed by atoms with Crippen LogP contribution in [0, 0.1) is 6.92 Å². The van der Waals surface area contributed by atoms with Gasteiger partial charge in [-0.3, -0.25) is 9.36 Å². The van der Waals surface area contributed by atoms with Crippen LogP contribution in [0.3, 0.4) is 0 Å². The average Bonchev–Trinajstić information content (AvgIpc) is 3.08. The van der Waals surface area contributed by atoms with Gasteiger partial charge in [-0.25, -0.2) is 9.79 Å². The molecule has 1 aliphatic heterocycles. The zero-order valence-corrected chi connectivity index (χ0v) is 21.1. The summed E-state index contributed by atoms with van der Waals surface area (Å²) in [6, 6.07) is 12.8. The van der Waals surface area contributed by atoms with E-state index in [1.165, 1.54) is 11.3 Å². The number of thiazole rings is 1. The van der Waals surface area contributed by atoms with E-state index in [9.17, 15) is 9.59 Å². The lowest BCUT2D eigenvalue weighted by Crippen LogP contribution is -2.39. The summed E-state index contributed by atoms with van der Waals surface area (Å²) in [6.07, 6.45) is 1.79. The first-order valence-corrected chi connectivity index (χ1v) is 12.0. The van der Waals surface area contributed by atoms with Crippen LogP contribution in [0.4, 0.5) is 0 Å². The van der Waals surface area contributed by atoms with Gasteiger partial charge >= 0.3 is 5.97 Å². The summed E-state index contributed by atoms with van der Waals surface area (Å²) >= 11 is 4.76. The lowest BCUT2D eigenvalue weighted by Gasteiger charge is -2.24. The molecule has 0 unspecified atom stereocenters. The SMILES string of the molecule is CCOC(=O)C1=C(C)N=c2s/c(=C\c3cc(Br)ccc3OC)c(=O)n2[C@@H]1c1ccc(C)cc1. The number of hydrogen-bond donors (Lipinski definition) is 0. The Bertz CT molecular complexity index is 1430.